The van der Waals surface area contributed by atoms with Gasteiger partial charge in [0, 0.05) is 35.8 Å². The van der Waals surface area contributed by atoms with Crippen LogP contribution in [-0.2, 0) is 22.6 Å². The molecule has 1 aromatic carbocycles. The molecule has 0 bridgehead atoms. The predicted octanol–water partition coefficient (Wildman–Crippen LogP) is 2.60. The molecular weight excluding hydrogens is 336 g/mol. The molecule has 3 heterocycles. The molecule has 3 aromatic rings. The molecule has 128 valence electrons. The molecule has 0 saturated heterocycles. The maximum Gasteiger partial charge on any atom is 0.227 e. The van der Waals surface area contributed by atoms with Crippen molar-refractivity contribution in [1.82, 2.24) is 14.7 Å². The molecule has 2 amide bonds. The van der Waals surface area contributed by atoms with E-state index in [1.807, 2.05) is 46.4 Å². The first-order valence-electron chi connectivity index (χ1n) is 8.25. The number of hydrogen-bond acceptors (Lipinski definition) is 4. The Morgan fingerprint density at radius 1 is 1.40 bits per heavy atom. The average molecular weight is 354 g/mol. The van der Waals surface area contributed by atoms with Crippen LogP contribution in [-0.4, -0.2) is 21.2 Å². The third-order valence-electron chi connectivity index (χ3n) is 4.44. The number of nitrogens with zero attached hydrogens (tertiary/aromatic N) is 2. The zero-order valence-corrected chi connectivity index (χ0v) is 14.4. The molecule has 0 fully saturated rings. The molecule has 0 saturated carbocycles. The highest BCUT2D eigenvalue weighted by Crippen LogP contribution is 2.27. The van der Waals surface area contributed by atoms with Crippen LogP contribution in [0.2, 0.25) is 0 Å². The van der Waals surface area contributed by atoms with Gasteiger partial charge >= 0.3 is 0 Å². The lowest BCUT2D eigenvalue weighted by atomic mass is 9.89. The Morgan fingerprint density at radius 2 is 2.28 bits per heavy atom. The van der Waals surface area contributed by atoms with Crippen molar-refractivity contribution in [2.75, 3.05) is 5.32 Å². The summed E-state index contributed by atoms with van der Waals surface area (Å²) in [5.74, 6) is -0.206. The van der Waals surface area contributed by atoms with Crippen molar-refractivity contribution in [1.29, 1.82) is 0 Å². The van der Waals surface area contributed by atoms with Gasteiger partial charge in [-0.3, -0.25) is 14.0 Å². The second kappa shape index (κ2) is 6.68. The van der Waals surface area contributed by atoms with Crippen molar-refractivity contribution in [2.45, 2.75) is 25.8 Å². The Labute approximate surface area is 148 Å². The van der Waals surface area contributed by atoms with Gasteiger partial charge in [0.15, 0.2) is 4.96 Å². The van der Waals surface area contributed by atoms with Crippen LogP contribution >= 0.6 is 11.3 Å². The number of carbonyl (C=O) groups is 2. The fourth-order valence-corrected chi connectivity index (χ4v) is 3.81. The summed E-state index contributed by atoms with van der Waals surface area (Å²) in [6.07, 6.45) is 5.43. The number of benzene rings is 1. The Hall–Kier alpha value is -2.67. The van der Waals surface area contributed by atoms with Crippen molar-refractivity contribution in [3.8, 4) is 0 Å². The number of carbonyl (C=O) groups excluding carboxylic acids is 2. The fourth-order valence-electron chi connectivity index (χ4n) is 3.09. The Bertz CT molecular complexity index is 901. The van der Waals surface area contributed by atoms with E-state index in [9.17, 15) is 9.59 Å². The van der Waals surface area contributed by atoms with E-state index in [1.165, 1.54) is 0 Å². The molecule has 6 nitrogen and oxygen atoms in total. The highest BCUT2D eigenvalue weighted by molar-refractivity contribution is 7.15. The zero-order chi connectivity index (χ0) is 17.2. The Kier molecular flexibility index (Phi) is 4.23. The van der Waals surface area contributed by atoms with Gasteiger partial charge in [-0.15, -0.1) is 11.3 Å². The molecule has 2 aromatic heterocycles. The first-order chi connectivity index (χ1) is 12.2. The molecular formula is C18H18N4O2S. The number of anilines is 1. The predicted molar refractivity (Wildman–Crippen MR) is 96.4 cm³/mol. The molecule has 1 aliphatic rings. The van der Waals surface area contributed by atoms with Crippen molar-refractivity contribution in [2.24, 2.45) is 5.92 Å². The van der Waals surface area contributed by atoms with Crippen LogP contribution in [0.5, 0.6) is 0 Å². The van der Waals surface area contributed by atoms with E-state index >= 15 is 0 Å². The molecule has 1 atom stereocenters. The number of thiazole rings is 1. The third-order valence-corrected chi connectivity index (χ3v) is 5.21. The van der Waals surface area contributed by atoms with E-state index in [0.29, 0.717) is 25.8 Å². The average Bonchev–Trinajstić information content (AvgIpc) is 3.19. The minimum absolute atomic E-state index is 0.000776. The highest BCUT2D eigenvalue weighted by atomic mass is 32.1. The number of para-hydroxylation sites is 1. The van der Waals surface area contributed by atoms with E-state index in [4.69, 9.17) is 0 Å². The highest BCUT2D eigenvalue weighted by Gasteiger charge is 2.26. The maximum absolute atomic E-state index is 12.2. The van der Waals surface area contributed by atoms with E-state index in [-0.39, 0.29) is 17.7 Å². The summed E-state index contributed by atoms with van der Waals surface area (Å²) in [6.45, 7) is 0.410. The number of rotatable bonds is 5. The monoisotopic (exact) mass is 354 g/mol. The molecule has 2 N–H and O–H groups in total. The van der Waals surface area contributed by atoms with E-state index in [1.54, 1.807) is 11.3 Å². The quantitative estimate of drug-likeness (QED) is 0.739. The molecule has 0 radical (unpaired) electrons. The number of amides is 2. The third kappa shape index (κ3) is 3.41. The lowest BCUT2D eigenvalue weighted by molar-refractivity contribution is -0.123. The summed E-state index contributed by atoms with van der Waals surface area (Å²) in [7, 11) is 0. The minimum atomic E-state index is -0.154. The number of imidazole rings is 1. The summed E-state index contributed by atoms with van der Waals surface area (Å²) >= 11 is 1.56. The van der Waals surface area contributed by atoms with Crippen LogP contribution in [0, 0.1) is 5.92 Å². The van der Waals surface area contributed by atoms with Crippen LogP contribution < -0.4 is 10.6 Å². The van der Waals surface area contributed by atoms with Gasteiger partial charge in [-0.1, -0.05) is 18.2 Å². The second-order valence-corrected chi connectivity index (χ2v) is 7.06. The van der Waals surface area contributed by atoms with Crippen LogP contribution in [0.15, 0.2) is 42.0 Å². The maximum atomic E-state index is 12.2. The summed E-state index contributed by atoms with van der Waals surface area (Å²) in [4.78, 5) is 29.6. The van der Waals surface area contributed by atoms with E-state index in [0.717, 1.165) is 21.9 Å². The van der Waals surface area contributed by atoms with Crippen molar-refractivity contribution < 1.29 is 9.59 Å². The normalized spacial score (nSPS) is 16.5. The molecule has 4 rings (SSSR count). The fraction of sp³-hybridized carbons (Fsp3) is 0.278. The largest absolute Gasteiger partial charge is 0.350 e. The van der Waals surface area contributed by atoms with Crippen molar-refractivity contribution in [3.63, 3.8) is 0 Å². The summed E-state index contributed by atoms with van der Waals surface area (Å²) in [6, 6.07) is 7.81. The number of nitrogens with one attached hydrogen (secondary N) is 2. The van der Waals surface area contributed by atoms with Gasteiger partial charge in [-0.05, 0) is 24.5 Å². The lowest BCUT2D eigenvalue weighted by Crippen LogP contribution is -2.31. The molecule has 1 aliphatic heterocycles. The van der Waals surface area contributed by atoms with Gasteiger partial charge in [-0.25, -0.2) is 4.98 Å². The first kappa shape index (κ1) is 15.8. The van der Waals surface area contributed by atoms with Gasteiger partial charge < -0.3 is 10.6 Å². The summed E-state index contributed by atoms with van der Waals surface area (Å²) in [5.41, 5.74) is 2.85. The van der Waals surface area contributed by atoms with Gasteiger partial charge in [0.25, 0.3) is 0 Å². The number of fused-ring (bicyclic) bond motifs is 2. The van der Waals surface area contributed by atoms with Crippen LogP contribution in [0.4, 0.5) is 5.69 Å². The zero-order valence-electron chi connectivity index (χ0n) is 13.6. The van der Waals surface area contributed by atoms with Gasteiger partial charge in [-0.2, -0.15) is 0 Å². The second-order valence-electron chi connectivity index (χ2n) is 6.19. The SMILES string of the molecule is O=C(CCC1Cc2ccccc2NC1=O)NCc1cn2ccsc2n1. The van der Waals surface area contributed by atoms with E-state index in [2.05, 4.69) is 15.6 Å². The molecule has 25 heavy (non-hydrogen) atoms. The Balaban J connectivity index is 1.28. The molecule has 1 unspecified atom stereocenters. The van der Waals surface area contributed by atoms with Gasteiger partial charge in [0.1, 0.15) is 0 Å². The van der Waals surface area contributed by atoms with Crippen LogP contribution in [0.25, 0.3) is 4.96 Å². The summed E-state index contributed by atoms with van der Waals surface area (Å²) in [5, 5.41) is 7.77. The Morgan fingerprint density at radius 3 is 3.16 bits per heavy atom. The van der Waals surface area contributed by atoms with Gasteiger partial charge in [0.05, 0.1) is 12.2 Å². The number of aromatic nitrogens is 2. The topological polar surface area (TPSA) is 75.5 Å². The van der Waals surface area contributed by atoms with Gasteiger partial charge in [0.2, 0.25) is 11.8 Å². The van der Waals surface area contributed by atoms with Crippen LogP contribution in [0.1, 0.15) is 24.1 Å². The van der Waals surface area contributed by atoms with Crippen molar-refractivity contribution >= 4 is 33.8 Å². The van der Waals surface area contributed by atoms with E-state index < -0.39 is 0 Å². The first-order valence-corrected chi connectivity index (χ1v) is 9.13. The summed E-state index contributed by atoms with van der Waals surface area (Å²) < 4.78 is 1.94. The minimum Gasteiger partial charge on any atom is -0.350 e. The standard InChI is InChI=1S/C18H18N4O2S/c23-16(19-10-14-11-22-7-8-25-18(22)20-14)6-5-13-9-12-3-1-2-4-15(12)21-17(13)24/h1-4,7-8,11,13H,5-6,9-10H2,(H,19,23)(H,21,24). The van der Waals surface area contributed by atoms with Crippen LogP contribution in [0.3, 0.4) is 0 Å². The molecule has 0 aliphatic carbocycles. The number of hydrogen-bond donors (Lipinski definition) is 2. The van der Waals surface area contributed by atoms with Crippen molar-refractivity contribution in [3.05, 3.63) is 53.3 Å². The molecule has 0 spiro atoms. The smallest absolute Gasteiger partial charge is 0.227 e. The lowest BCUT2D eigenvalue weighted by Gasteiger charge is -2.24. The molecule has 7 heteroatoms.